The third-order valence-corrected chi connectivity index (χ3v) is 5.94. The number of anilines is 2. The van der Waals surface area contributed by atoms with E-state index >= 15 is 0 Å². The van der Waals surface area contributed by atoms with Crippen molar-refractivity contribution in [3.05, 3.63) is 70.8 Å². The second-order valence-electron chi connectivity index (χ2n) is 7.06. The van der Waals surface area contributed by atoms with E-state index in [-0.39, 0.29) is 11.5 Å². The van der Waals surface area contributed by atoms with Crippen LogP contribution in [-0.2, 0) is 0 Å². The van der Waals surface area contributed by atoms with Gasteiger partial charge in [-0.05, 0) is 24.3 Å². The lowest BCUT2D eigenvalue weighted by Gasteiger charge is -2.27. The lowest BCUT2D eigenvalue weighted by molar-refractivity contribution is 0.102. The van der Waals surface area contributed by atoms with Crippen LogP contribution in [0, 0.1) is 0 Å². The maximum atomic E-state index is 12.6. The summed E-state index contributed by atoms with van der Waals surface area (Å²) in [5, 5.41) is 11.3. The minimum atomic E-state index is -0.220. The normalized spacial score (nSPS) is 14.0. The number of hydrogen-bond donors (Lipinski definition) is 2. The third kappa shape index (κ3) is 4.03. The van der Waals surface area contributed by atoms with E-state index in [2.05, 4.69) is 30.6 Å². The number of fused-ring (bicyclic) bond motifs is 1. The van der Waals surface area contributed by atoms with Crippen LogP contribution in [-0.4, -0.2) is 51.7 Å². The Labute approximate surface area is 181 Å². The summed E-state index contributed by atoms with van der Waals surface area (Å²) in [5.41, 5.74) is 1.76. The van der Waals surface area contributed by atoms with Crippen LogP contribution in [0.25, 0.3) is 15.5 Å². The first-order chi connectivity index (χ1) is 15.2. The number of pyridine rings is 1. The van der Waals surface area contributed by atoms with Crippen molar-refractivity contribution in [3.63, 3.8) is 0 Å². The lowest BCUT2D eigenvalue weighted by atomic mass is 10.2. The Morgan fingerprint density at radius 3 is 2.71 bits per heavy atom. The van der Waals surface area contributed by atoms with Crippen LogP contribution in [0.3, 0.4) is 0 Å². The van der Waals surface area contributed by atoms with Crippen LogP contribution in [0.1, 0.15) is 10.4 Å². The number of aromatic nitrogens is 4. The van der Waals surface area contributed by atoms with Crippen LogP contribution in [0.5, 0.6) is 0 Å². The van der Waals surface area contributed by atoms with Crippen molar-refractivity contribution in [2.45, 2.75) is 0 Å². The number of piperazine rings is 1. The predicted molar refractivity (Wildman–Crippen MR) is 120 cm³/mol. The number of hydrogen-bond acceptors (Lipinski definition) is 8. The van der Waals surface area contributed by atoms with Gasteiger partial charge in [0.1, 0.15) is 10.8 Å². The van der Waals surface area contributed by atoms with E-state index in [1.54, 1.807) is 24.5 Å². The number of amides is 1. The Morgan fingerprint density at radius 2 is 1.90 bits per heavy atom. The summed E-state index contributed by atoms with van der Waals surface area (Å²) in [4.78, 5) is 36.3. The molecule has 5 rings (SSSR count). The summed E-state index contributed by atoms with van der Waals surface area (Å²) in [6.07, 6.45) is 3.15. The summed E-state index contributed by atoms with van der Waals surface area (Å²) in [6, 6.07) is 12.2. The average molecular weight is 433 g/mol. The molecule has 0 spiro atoms. The Balaban J connectivity index is 1.44. The zero-order valence-corrected chi connectivity index (χ0v) is 17.3. The van der Waals surface area contributed by atoms with Gasteiger partial charge in [-0.1, -0.05) is 23.5 Å². The lowest BCUT2D eigenvalue weighted by Crippen LogP contribution is -2.44. The topological polar surface area (TPSA) is 105 Å². The second kappa shape index (κ2) is 8.25. The number of benzene rings is 1. The smallest absolute Gasteiger partial charge is 0.277 e. The molecule has 4 heterocycles. The predicted octanol–water partition coefficient (Wildman–Crippen LogP) is 1.87. The minimum Gasteiger partial charge on any atom is -0.354 e. The molecule has 9 nitrogen and oxygen atoms in total. The fraction of sp³-hybridized carbons (Fsp3) is 0.190. The van der Waals surface area contributed by atoms with Crippen molar-refractivity contribution in [2.75, 3.05) is 36.4 Å². The fourth-order valence-electron chi connectivity index (χ4n) is 3.41. The van der Waals surface area contributed by atoms with Gasteiger partial charge in [0.2, 0.25) is 4.96 Å². The van der Waals surface area contributed by atoms with Crippen LogP contribution in [0.15, 0.2) is 59.7 Å². The van der Waals surface area contributed by atoms with Crippen LogP contribution in [0.4, 0.5) is 11.5 Å². The first-order valence-electron chi connectivity index (χ1n) is 9.86. The molecule has 1 saturated heterocycles. The summed E-state index contributed by atoms with van der Waals surface area (Å²) in [6.45, 7) is 3.36. The van der Waals surface area contributed by atoms with Gasteiger partial charge in [0.25, 0.3) is 11.5 Å². The fourth-order valence-corrected chi connectivity index (χ4v) is 4.31. The average Bonchev–Trinajstić information content (AvgIpc) is 3.25. The molecule has 2 N–H and O–H groups in total. The maximum Gasteiger partial charge on any atom is 0.277 e. The standard InChI is InChI=1S/C21H19N7O2S/c29-18-13-17(27-10-8-23-9-11-27)25-21-28(18)26-20(31-21)15-2-1-3-16(12-15)24-19(30)14-4-6-22-7-5-14/h1-7,12-13,23H,8-11H2,(H,24,30). The molecule has 31 heavy (non-hydrogen) atoms. The highest BCUT2D eigenvalue weighted by Gasteiger charge is 2.16. The highest BCUT2D eigenvalue weighted by molar-refractivity contribution is 7.19. The third-order valence-electron chi connectivity index (χ3n) is 4.98. The Hall–Kier alpha value is -3.63. The molecule has 10 heteroatoms. The molecule has 3 aromatic heterocycles. The molecular weight excluding hydrogens is 414 g/mol. The van der Waals surface area contributed by atoms with Crippen molar-refractivity contribution in [1.29, 1.82) is 0 Å². The summed E-state index contributed by atoms with van der Waals surface area (Å²) >= 11 is 1.34. The molecule has 0 radical (unpaired) electrons. The number of nitrogens with zero attached hydrogens (tertiary/aromatic N) is 5. The zero-order valence-electron chi connectivity index (χ0n) is 16.5. The van der Waals surface area contributed by atoms with Gasteiger partial charge in [-0.2, -0.15) is 9.61 Å². The SMILES string of the molecule is O=C(Nc1cccc(-c2nn3c(=O)cc(N4CCNCC4)nc3s2)c1)c1ccncc1. The zero-order chi connectivity index (χ0) is 21.2. The van der Waals surface area contributed by atoms with E-state index < -0.39 is 0 Å². The van der Waals surface area contributed by atoms with Crippen molar-refractivity contribution in [2.24, 2.45) is 0 Å². The first kappa shape index (κ1) is 19.3. The molecule has 0 aliphatic carbocycles. The molecule has 1 aliphatic rings. The highest BCUT2D eigenvalue weighted by atomic mass is 32.1. The van der Waals surface area contributed by atoms with Crippen LogP contribution in [0.2, 0.25) is 0 Å². The van der Waals surface area contributed by atoms with Gasteiger partial charge >= 0.3 is 0 Å². The monoisotopic (exact) mass is 433 g/mol. The van der Waals surface area contributed by atoms with E-state index in [1.807, 2.05) is 24.3 Å². The van der Waals surface area contributed by atoms with Gasteiger partial charge in [0.05, 0.1) is 0 Å². The van der Waals surface area contributed by atoms with E-state index in [1.165, 1.54) is 21.9 Å². The van der Waals surface area contributed by atoms with E-state index in [4.69, 9.17) is 0 Å². The molecule has 0 atom stereocenters. The maximum absolute atomic E-state index is 12.6. The summed E-state index contributed by atoms with van der Waals surface area (Å²) in [5.74, 6) is 0.461. The number of carbonyl (C=O) groups excluding carboxylic acids is 1. The minimum absolute atomic E-state index is 0.205. The van der Waals surface area contributed by atoms with Gasteiger partial charge in [-0.25, -0.2) is 4.98 Å². The van der Waals surface area contributed by atoms with E-state index in [9.17, 15) is 9.59 Å². The Bertz CT molecular complexity index is 1300. The molecule has 1 aliphatic heterocycles. The second-order valence-corrected chi connectivity index (χ2v) is 8.02. The molecule has 1 amide bonds. The molecule has 156 valence electrons. The van der Waals surface area contributed by atoms with Gasteiger partial charge in [-0.3, -0.25) is 14.6 Å². The van der Waals surface area contributed by atoms with Crippen LogP contribution < -0.4 is 21.1 Å². The molecule has 0 saturated carbocycles. The quantitative estimate of drug-likeness (QED) is 0.506. The molecule has 0 unspecified atom stereocenters. The summed E-state index contributed by atoms with van der Waals surface area (Å²) in [7, 11) is 0. The first-order valence-corrected chi connectivity index (χ1v) is 10.7. The Morgan fingerprint density at radius 1 is 1.10 bits per heavy atom. The highest BCUT2D eigenvalue weighted by Crippen LogP contribution is 2.27. The molecule has 0 bridgehead atoms. The van der Waals surface area contributed by atoms with E-state index in [0.717, 1.165) is 31.7 Å². The number of carbonyl (C=O) groups is 1. The molecule has 1 aromatic carbocycles. The molecule has 4 aromatic rings. The van der Waals surface area contributed by atoms with Crippen molar-refractivity contribution in [1.82, 2.24) is 24.9 Å². The van der Waals surface area contributed by atoms with Crippen LogP contribution >= 0.6 is 11.3 Å². The molecular formula is C21H19N7O2S. The van der Waals surface area contributed by atoms with Gasteiger partial charge in [-0.15, -0.1) is 0 Å². The Kier molecular flexibility index (Phi) is 5.14. The van der Waals surface area contributed by atoms with Crippen molar-refractivity contribution >= 4 is 33.7 Å². The van der Waals surface area contributed by atoms with Gasteiger partial charge < -0.3 is 15.5 Å². The summed E-state index contributed by atoms with van der Waals surface area (Å²) < 4.78 is 1.33. The van der Waals surface area contributed by atoms with E-state index in [0.29, 0.717) is 27.0 Å². The van der Waals surface area contributed by atoms with Crippen molar-refractivity contribution in [3.8, 4) is 10.6 Å². The molecule has 1 fully saturated rings. The van der Waals surface area contributed by atoms with Crippen molar-refractivity contribution < 1.29 is 4.79 Å². The van der Waals surface area contributed by atoms with Gasteiger partial charge in [0.15, 0.2) is 0 Å². The largest absolute Gasteiger partial charge is 0.354 e. The van der Waals surface area contributed by atoms with Gasteiger partial charge in [0, 0.05) is 61.5 Å². The number of nitrogens with one attached hydrogen (secondary N) is 2. The number of rotatable bonds is 4.